The third-order valence-electron chi connectivity index (χ3n) is 5.49. The Morgan fingerprint density at radius 2 is 1.70 bits per heavy atom. The van der Waals surface area contributed by atoms with Gasteiger partial charge >= 0.3 is 6.18 Å². The highest BCUT2D eigenvalue weighted by atomic mass is 79.9. The second-order valence-electron chi connectivity index (χ2n) is 7.53. The second-order valence-corrected chi connectivity index (χ2v) is 8.45. The molecule has 0 bridgehead atoms. The molecule has 1 aliphatic rings. The molecule has 2 heterocycles. The van der Waals surface area contributed by atoms with E-state index >= 15 is 0 Å². The van der Waals surface area contributed by atoms with Crippen molar-refractivity contribution in [3.8, 4) is 5.75 Å². The molecule has 1 unspecified atom stereocenters. The SMILES string of the molecule is O=C1c2oc3ccc(Br)cc3c(=O)c2C(c2ccc(O)cc2)N1c1cccc(C(F)(F)F)c1. The minimum atomic E-state index is -4.62. The van der Waals surface area contributed by atoms with Crippen LogP contribution in [-0.2, 0) is 6.18 Å². The average molecular weight is 516 g/mol. The fraction of sp³-hybridized carbons (Fsp3) is 0.0833. The molecule has 4 aromatic rings. The van der Waals surface area contributed by atoms with Gasteiger partial charge in [0.2, 0.25) is 5.76 Å². The molecule has 9 heteroatoms. The Kier molecular flexibility index (Phi) is 4.82. The number of carbonyl (C=O) groups excluding carboxylic acids is 1. The van der Waals surface area contributed by atoms with E-state index in [0.29, 0.717) is 10.0 Å². The Hall–Kier alpha value is -3.59. The molecule has 1 aromatic heterocycles. The molecule has 1 aliphatic heterocycles. The number of aromatic hydroxyl groups is 1. The number of hydrogen-bond donors (Lipinski definition) is 1. The Bertz CT molecular complexity index is 1480. The summed E-state index contributed by atoms with van der Waals surface area (Å²) in [7, 11) is 0. The predicted octanol–water partition coefficient (Wildman–Crippen LogP) is 6.03. The third-order valence-corrected chi connectivity index (χ3v) is 5.99. The zero-order chi connectivity index (χ0) is 23.5. The molecule has 0 radical (unpaired) electrons. The molecule has 0 saturated heterocycles. The summed E-state index contributed by atoms with van der Waals surface area (Å²) in [6, 6.07) is 13.8. The molecule has 5 rings (SSSR count). The van der Waals surface area contributed by atoms with Crippen molar-refractivity contribution in [3.63, 3.8) is 0 Å². The first-order valence-corrected chi connectivity index (χ1v) is 10.5. The Morgan fingerprint density at radius 3 is 2.39 bits per heavy atom. The highest BCUT2D eigenvalue weighted by Crippen LogP contribution is 2.43. The lowest BCUT2D eigenvalue weighted by molar-refractivity contribution is -0.137. The maximum Gasteiger partial charge on any atom is 0.416 e. The normalized spacial score (nSPS) is 15.8. The van der Waals surface area contributed by atoms with Crippen molar-refractivity contribution < 1.29 is 27.5 Å². The van der Waals surface area contributed by atoms with Gasteiger partial charge < -0.3 is 9.52 Å². The number of amides is 1. The second kappa shape index (κ2) is 7.48. The lowest BCUT2D eigenvalue weighted by Gasteiger charge is -2.26. The molecule has 33 heavy (non-hydrogen) atoms. The van der Waals surface area contributed by atoms with Crippen LogP contribution in [0.3, 0.4) is 0 Å². The van der Waals surface area contributed by atoms with Crippen LogP contribution in [-0.4, -0.2) is 11.0 Å². The van der Waals surface area contributed by atoms with Crippen LogP contribution in [0.1, 0.15) is 33.3 Å². The molecule has 0 saturated carbocycles. The van der Waals surface area contributed by atoms with Crippen LogP contribution in [0.15, 0.2) is 80.4 Å². The van der Waals surface area contributed by atoms with Gasteiger partial charge in [-0.05, 0) is 54.1 Å². The molecule has 3 aromatic carbocycles. The molecular weight excluding hydrogens is 503 g/mol. The van der Waals surface area contributed by atoms with Gasteiger partial charge in [0.05, 0.1) is 22.6 Å². The number of hydrogen-bond acceptors (Lipinski definition) is 4. The first-order valence-electron chi connectivity index (χ1n) is 9.71. The summed E-state index contributed by atoms with van der Waals surface area (Å²) in [5.74, 6) is -1.00. The number of phenolic OH excluding ortho intramolecular Hbond substituents is 1. The fourth-order valence-corrected chi connectivity index (χ4v) is 4.38. The van der Waals surface area contributed by atoms with Crippen molar-refractivity contribution in [1.82, 2.24) is 0 Å². The van der Waals surface area contributed by atoms with Gasteiger partial charge in [-0.2, -0.15) is 13.2 Å². The van der Waals surface area contributed by atoms with Crippen LogP contribution in [0.25, 0.3) is 11.0 Å². The minimum Gasteiger partial charge on any atom is -0.508 e. The van der Waals surface area contributed by atoms with Gasteiger partial charge in [0.15, 0.2) is 5.43 Å². The number of benzene rings is 3. The van der Waals surface area contributed by atoms with Crippen LogP contribution >= 0.6 is 15.9 Å². The van der Waals surface area contributed by atoms with E-state index in [9.17, 15) is 27.9 Å². The van der Waals surface area contributed by atoms with E-state index < -0.39 is 29.1 Å². The largest absolute Gasteiger partial charge is 0.508 e. The molecule has 1 N–H and O–H groups in total. The van der Waals surface area contributed by atoms with Crippen LogP contribution in [0.2, 0.25) is 0 Å². The van der Waals surface area contributed by atoms with Gasteiger partial charge in [0.25, 0.3) is 5.91 Å². The molecule has 1 amide bonds. The maximum atomic E-state index is 13.5. The topological polar surface area (TPSA) is 70.8 Å². The van der Waals surface area contributed by atoms with Gasteiger partial charge in [-0.25, -0.2) is 0 Å². The monoisotopic (exact) mass is 515 g/mol. The van der Waals surface area contributed by atoms with Crippen molar-refractivity contribution in [3.05, 3.63) is 104 Å². The molecule has 166 valence electrons. The summed E-state index contributed by atoms with van der Waals surface area (Å²) >= 11 is 3.31. The summed E-state index contributed by atoms with van der Waals surface area (Å²) in [5.41, 5.74) is -0.794. The van der Waals surface area contributed by atoms with E-state index in [1.807, 2.05) is 0 Å². The van der Waals surface area contributed by atoms with Crippen molar-refractivity contribution >= 4 is 38.5 Å². The highest BCUT2D eigenvalue weighted by Gasteiger charge is 2.44. The lowest BCUT2D eigenvalue weighted by Crippen LogP contribution is -2.29. The van der Waals surface area contributed by atoms with Crippen molar-refractivity contribution in [1.29, 1.82) is 0 Å². The van der Waals surface area contributed by atoms with E-state index in [1.165, 1.54) is 42.5 Å². The van der Waals surface area contributed by atoms with Gasteiger partial charge in [0, 0.05) is 10.2 Å². The Morgan fingerprint density at radius 1 is 0.970 bits per heavy atom. The smallest absolute Gasteiger partial charge is 0.416 e. The number of carbonyl (C=O) groups is 1. The standard InChI is InChI=1S/C24H13BrF3NO4/c25-14-6-9-18-17(11-14)21(31)19-20(12-4-7-16(30)8-5-12)29(23(32)22(19)33-18)15-3-1-2-13(10-15)24(26,27)28/h1-11,20,30H. The number of anilines is 1. The lowest BCUT2D eigenvalue weighted by atomic mass is 9.98. The van der Waals surface area contributed by atoms with Crippen molar-refractivity contribution in [2.24, 2.45) is 0 Å². The molecule has 0 spiro atoms. The van der Waals surface area contributed by atoms with Gasteiger partial charge in [-0.1, -0.05) is 34.1 Å². The summed E-state index contributed by atoms with van der Waals surface area (Å²) in [6.07, 6.45) is -4.62. The quantitative estimate of drug-likeness (QED) is 0.353. The number of nitrogens with zero attached hydrogens (tertiary/aromatic N) is 1. The van der Waals surface area contributed by atoms with Crippen molar-refractivity contribution in [2.45, 2.75) is 12.2 Å². The van der Waals surface area contributed by atoms with E-state index in [1.54, 1.807) is 12.1 Å². The van der Waals surface area contributed by atoms with E-state index in [0.717, 1.165) is 17.0 Å². The third kappa shape index (κ3) is 3.48. The van der Waals surface area contributed by atoms with Gasteiger partial charge in [-0.3, -0.25) is 14.5 Å². The highest BCUT2D eigenvalue weighted by molar-refractivity contribution is 9.10. The number of rotatable bonds is 2. The summed E-state index contributed by atoms with van der Waals surface area (Å²) < 4.78 is 46.5. The first-order chi connectivity index (χ1) is 15.6. The van der Waals surface area contributed by atoms with Crippen LogP contribution in [0.5, 0.6) is 5.75 Å². The summed E-state index contributed by atoms with van der Waals surface area (Å²) in [4.78, 5) is 28.0. The van der Waals surface area contributed by atoms with Gasteiger partial charge in [0.1, 0.15) is 11.3 Å². The molecule has 0 fully saturated rings. The number of halogens is 4. The zero-order valence-electron chi connectivity index (χ0n) is 16.6. The fourth-order valence-electron chi connectivity index (χ4n) is 4.02. The molecule has 1 atom stereocenters. The van der Waals surface area contributed by atoms with E-state index in [2.05, 4.69) is 15.9 Å². The van der Waals surface area contributed by atoms with Crippen LogP contribution in [0, 0.1) is 0 Å². The maximum absolute atomic E-state index is 13.5. The van der Waals surface area contributed by atoms with Crippen LogP contribution < -0.4 is 10.3 Å². The number of alkyl halides is 3. The number of phenols is 1. The Labute approximate surface area is 192 Å². The first kappa shape index (κ1) is 21.3. The van der Waals surface area contributed by atoms with E-state index in [-0.39, 0.29) is 33.7 Å². The number of fused-ring (bicyclic) bond motifs is 2. The van der Waals surface area contributed by atoms with Gasteiger partial charge in [-0.15, -0.1) is 0 Å². The summed E-state index contributed by atoms with van der Waals surface area (Å²) in [6.45, 7) is 0. The van der Waals surface area contributed by atoms with Crippen LogP contribution in [0.4, 0.5) is 18.9 Å². The average Bonchev–Trinajstić information content (AvgIpc) is 3.07. The molecule has 0 aliphatic carbocycles. The summed E-state index contributed by atoms with van der Waals surface area (Å²) in [5, 5.41) is 9.92. The zero-order valence-corrected chi connectivity index (χ0v) is 18.1. The Balaban J connectivity index is 1.79. The predicted molar refractivity (Wildman–Crippen MR) is 118 cm³/mol. The minimum absolute atomic E-state index is 0.0219. The molecular formula is C24H13BrF3NO4. The van der Waals surface area contributed by atoms with E-state index in [4.69, 9.17) is 4.42 Å². The molecule has 5 nitrogen and oxygen atoms in total. The van der Waals surface area contributed by atoms with Crippen molar-refractivity contribution in [2.75, 3.05) is 4.90 Å².